The summed E-state index contributed by atoms with van der Waals surface area (Å²) in [5, 5.41) is 2.78. The molecule has 5 heteroatoms. The maximum atomic E-state index is 11.9. The summed E-state index contributed by atoms with van der Waals surface area (Å²) in [4.78, 5) is 11.9. The first-order valence-electron chi connectivity index (χ1n) is 7.09. The van der Waals surface area contributed by atoms with Crippen molar-refractivity contribution in [2.75, 3.05) is 18.5 Å². The van der Waals surface area contributed by atoms with E-state index in [1.807, 2.05) is 49.4 Å². The molecule has 0 saturated heterocycles. The number of benzene rings is 2. The molecule has 0 heterocycles. The molecule has 0 unspecified atom stereocenters. The largest absolute Gasteiger partial charge is 0.490 e. The van der Waals surface area contributed by atoms with E-state index in [1.165, 1.54) is 0 Å². The Morgan fingerprint density at radius 3 is 2.50 bits per heavy atom. The first-order valence-corrected chi connectivity index (χ1v) is 7.88. The zero-order chi connectivity index (χ0) is 15.8. The maximum absolute atomic E-state index is 11.9. The highest BCUT2D eigenvalue weighted by Gasteiger charge is 2.08. The molecule has 0 atom stereocenters. The van der Waals surface area contributed by atoms with E-state index in [9.17, 15) is 4.79 Å². The predicted octanol–water partition coefficient (Wildman–Crippen LogP) is 4.26. The van der Waals surface area contributed by atoms with Gasteiger partial charge in [0.25, 0.3) is 5.91 Å². The Bertz CT molecular complexity index is 631. The van der Waals surface area contributed by atoms with Gasteiger partial charge in [0.15, 0.2) is 18.1 Å². The third kappa shape index (κ3) is 5.07. The maximum Gasteiger partial charge on any atom is 0.262 e. The first-order chi connectivity index (χ1) is 10.7. The second kappa shape index (κ2) is 8.44. The highest BCUT2D eigenvalue weighted by molar-refractivity contribution is 9.10. The van der Waals surface area contributed by atoms with Crippen LogP contribution in [0.4, 0.5) is 5.69 Å². The SMILES string of the molecule is CCCOc1ccccc1OCC(=O)Nc1cccc(Br)c1. The van der Waals surface area contributed by atoms with Crippen LogP contribution in [-0.2, 0) is 4.79 Å². The standard InChI is InChI=1S/C17H18BrNO3/c1-2-10-21-15-8-3-4-9-16(15)22-12-17(20)19-14-7-5-6-13(18)11-14/h3-9,11H,2,10,12H2,1H3,(H,19,20). The predicted molar refractivity (Wildman–Crippen MR) is 90.5 cm³/mol. The lowest BCUT2D eigenvalue weighted by molar-refractivity contribution is -0.118. The number of anilines is 1. The molecule has 4 nitrogen and oxygen atoms in total. The van der Waals surface area contributed by atoms with Crippen molar-refractivity contribution in [1.29, 1.82) is 0 Å². The molecule has 0 spiro atoms. The fourth-order valence-electron chi connectivity index (χ4n) is 1.81. The first kappa shape index (κ1) is 16.4. The zero-order valence-corrected chi connectivity index (χ0v) is 13.9. The molecule has 22 heavy (non-hydrogen) atoms. The van der Waals surface area contributed by atoms with Gasteiger partial charge >= 0.3 is 0 Å². The van der Waals surface area contributed by atoms with Gasteiger partial charge in [0.2, 0.25) is 0 Å². The summed E-state index contributed by atoms with van der Waals surface area (Å²) in [6.07, 6.45) is 0.914. The fourth-order valence-corrected chi connectivity index (χ4v) is 2.21. The van der Waals surface area contributed by atoms with Crippen LogP contribution in [0, 0.1) is 0 Å². The van der Waals surface area contributed by atoms with Gasteiger partial charge in [0.05, 0.1) is 6.61 Å². The number of halogens is 1. The lowest BCUT2D eigenvalue weighted by atomic mass is 10.3. The summed E-state index contributed by atoms with van der Waals surface area (Å²) >= 11 is 3.36. The van der Waals surface area contributed by atoms with Crippen LogP contribution in [0.15, 0.2) is 53.0 Å². The van der Waals surface area contributed by atoms with Crippen LogP contribution in [0.3, 0.4) is 0 Å². The molecular weight excluding hydrogens is 346 g/mol. The quantitative estimate of drug-likeness (QED) is 0.799. The number of nitrogens with one attached hydrogen (secondary N) is 1. The molecular formula is C17H18BrNO3. The van der Waals surface area contributed by atoms with Crippen molar-refractivity contribution in [2.45, 2.75) is 13.3 Å². The molecule has 2 rings (SSSR count). The van der Waals surface area contributed by atoms with Crippen LogP contribution < -0.4 is 14.8 Å². The molecule has 0 aliphatic heterocycles. The topological polar surface area (TPSA) is 47.6 Å². The third-order valence-electron chi connectivity index (χ3n) is 2.78. The molecule has 0 saturated carbocycles. The minimum absolute atomic E-state index is 0.0704. The number of carbonyl (C=O) groups excluding carboxylic acids is 1. The van der Waals surface area contributed by atoms with E-state index >= 15 is 0 Å². The van der Waals surface area contributed by atoms with Gasteiger partial charge in [-0.15, -0.1) is 0 Å². The van der Waals surface area contributed by atoms with E-state index in [0.29, 0.717) is 18.1 Å². The Labute approximate surface area is 138 Å². The van der Waals surface area contributed by atoms with Crippen molar-refractivity contribution < 1.29 is 14.3 Å². The molecule has 0 fully saturated rings. The van der Waals surface area contributed by atoms with E-state index in [2.05, 4.69) is 21.2 Å². The molecule has 0 bridgehead atoms. The third-order valence-corrected chi connectivity index (χ3v) is 3.27. The highest BCUT2D eigenvalue weighted by Crippen LogP contribution is 2.26. The van der Waals surface area contributed by atoms with Crippen molar-refractivity contribution in [3.63, 3.8) is 0 Å². The van der Waals surface area contributed by atoms with E-state index in [1.54, 1.807) is 6.07 Å². The number of rotatable bonds is 7. The minimum atomic E-state index is -0.219. The molecule has 0 aromatic heterocycles. The van der Waals surface area contributed by atoms with E-state index in [0.717, 1.165) is 16.6 Å². The van der Waals surface area contributed by atoms with Crippen LogP contribution in [0.25, 0.3) is 0 Å². The summed E-state index contributed by atoms with van der Waals surface area (Å²) in [7, 11) is 0. The Morgan fingerprint density at radius 1 is 1.09 bits per heavy atom. The summed E-state index contributed by atoms with van der Waals surface area (Å²) in [5.74, 6) is 1.00. The summed E-state index contributed by atoms with van der Waals surface area (Å²) in [6, 6.07) is 14.7. The summed E-state index contributed by atoms with van der Waals surface area (Å²) in [6.45, 7) is 2.58. The molecule has 116 valence electrons. The van der Waals surface area contributed by atoms with Crippen molar-refractivity contribution in [2.24, 2.45) is 0 Å². The van der Waals surface area contributed by atoms with Crippen LogP contribution in [0.1, 0.15) is 13.3 Å². The number of ether oxygens (including phenoxy) is 2. The Balaban J connectivity index is 1.91. The van der Waals surface area contributed by atoms with Gasteiger partial charge in [-0.3, -0.25) is 4.79 Å². The van der Waals surface area contributed by atoms with Crippen molar-refractivity contribution in [3.8, 4) is 11.5 Å². The van der Waals surface area contributed by atoms with Crippen LogP contribution in [-0.4, -0.2) is 19.1 Å². The summed E-state index contributed by atoms with van der Waals surface area (Å²) in [5.41, 5.74) is 0.721. The Hall–Kier alpha value is -2.01. The van der Waals surface area contributed by atoms with Crippen molar-refractivity contribution in [3.05, 3.63) is 53.0 Å². The second-order valence-electron chi connectivity index (χ2n) is 4.64. The molecule has 0 aliphatic rings. The lowest BCUT2D eigenvalue weighted by Gasteiger charge is -2.12. The average molecular weight is 364 g/mol. The van der Waals surface area contributed by atoms with Crippen LogP contribution in [0.5, 0.6) is 11.5 Å². The van der Waals surface area contributed by atoms with Crippen molar-refractivity contribution in [1.82, 2.24) is 0 Å². The number of carbonyl (C=O) groups is 1. The van der Waals surface area contributed by atoms with Gasteiger partial charge in [-0.25, -0.2) is 0 Å². The highest BCUT2D eigenvalue weighted by atomic mass is 79.9. The van der Waals surface area contributed by atoms with Gasteiger partial charge in [0, 0.05) is 10.2 Å². The number of hydrogen-bond acceptors (Lipinski definition) is 3. The van der Waals surface area contributed by atoms with Gasteiger partial charge in [-0.05, 0) is 36.8 Å². The van der Waals surface area contributed by atoms with E-state index in [4.69, 9.17) is 9.47 Å². The molecule has 0 aliphatic carbocycles. The van der Waals surface area contributed by atoms with Gasteiger partial charge < -0.3 is 14.8 Å². The fraction of sp³-hybridized carbons (Fsp3) is 0.235. The lowest BCUT2D eigenvalue weighted by Crippen LogP contribution is -2.20. The second-order valence-corrected chi connectivity index (χ2v) is 5.56. The number of para-hydroxylation sites is 2. The smallest absolute Gasteiger partial charge is 0.262 e. The van der Waals surface area contributed by atoms with Crippen LogP contribution in [0.2, 0.25) is 0 Å². The van der Waals surface area contributed by atoms with E-state index < -0.39 is 0 Å². The van der Waals surface area contributed by atoms with Gasteiger partial charge in [0.1, 0.15) is 0 Å². The Morgan fingerprint density at radius 2 is 1.82 bits per heavy atom. The molecule has 2 aromatic rings. The number of amides is 1. The van der Waals surface area contributed by atoms with Gasteiger partial charge in [-0.1, -0.05) is 41.1 Å². The molecule has 2 aromatic carbocycles. The average Bonchev–Trinajstić information content (AvgIpc) is 2.51. The van der Waals surface area contributed by atoms with Crippen LogP contribution >= 0.6 is 15.9 Å². The minimum Gasteiger partial charge on any atom is -0.490 e. The molecule has 1 amide bonds. The number of hydrogen-bond donors (Lipinski definition) is 1. The zero-order valence-electron chi connectivity index (χ0n) is 12.3. The van der Waals surface area contributed by atoms with Crippen molar-refractivity contribution >= 4 is 27.5 Å². The Kier molecular flexibility index (Phi) is 6.27. The summed E-state index contributed by atoms with van der Waals surface area (Å²) < 4.78 is 12.0. The monoisotopic (exact) mass is 363 g/mol. The van der Waals surface area contributed by atoms with E-state index in [-0.39, 0.29) is 12.5 Å². The molecule has 1 N–H and O–H groups in total. The van der Waals surface area contributed by atoms with Gasteiger partial charge in [-0.2, -0.15) is 0 Å². The molecule has 0 radical (unpaired) electrons. The normalized spacial score (nSPS) is 10.1.